The number of nitrogens with one attached hydrogen (secondary N) is 2. The van der Waals surface area contributed by atoms with Crippen molar-refractivity contribution in [3.63, 3.8) is 0 Å². The Labute approximate surface area is 162 Å². The zero-order valence-electron chi connectivity index (χ0n) is 15.7. The maximum Gasteiger partial charge on any atom is 0.225 e. The van der Waals surface area contributed by atoms with Gasteiger partial charge >= 0.3 is 0 Å². The minimum absolute atomic E-state index is 0.195. The first-order chi connectivity index (χ1) is 13.4. The molecule has 2 unspecified atom stereocenters. The van der Waals surface area contributed by atoms with Gasteiger partial charge in [0.1, 0.15) is 11.6 Å². The fraction of sp³-hybridized carbons (Fsp3) is 0.444. The molecule has 0 aliphatic carbocycles. The van der Waals surface area contributed by atoms with Crippen LogP contribution in [0.3, 0.4) is 0 Å². The van der Waals surface area contributed by atoms with Gasteiger partial charge < -0.3 is 9.88 Å². The lowest BCUT2D eigenvalue weighted by atomic mass is 9.99. The number of pyridine rings is 1. The molecule has 4 rings (SSSR count). The summed E-state index contributed by atoms with van der Waals surface area (Å²) < 4.78 is 26.7. The Kier molecular flexibility index (Phi) is 4.64. The third kappa shape index (κ3) is 3.39. The van der Waals surface area contributed by atoms with Crippen molar-refractivity contribution >= 4 is 37.8 Å². The quantitative estimate of drug-likeness (QED) is 0.682. The molecule has 3 aromatic heterocycles. The Morgan fingerprint density at radius 3 is 3.00 bits per heavy atom. The highest BCUT2D eigenvalue weighted by molar-refractivity contribution is 7.89. The average molecular weight is 399 g/mol. The lowest BCUT2D eigenvalue weighted by molar-refractivity contribution is 0.411. The van der Waals surface area contributed by atoms with Gasteiger partial charge in [0, 0.05) is 30.2 Å². The van der Waals surface area contributed by atoms with Crippen LogP contribution in [0.15, 0.2) is 18.5 Å². The summed E-state index contributed by atoms with van der Waals surface area (Å²) in [5, 5.41) is 10.6. The summed E-state index contributed by atoms with van der Waals surface area (Å²) in [6, 6.07) is 3.54. The molecule has 1 fully saturated rings. The summed E-state index contributed by atoms with van der Waals surface area (Å²) in [5.41, 5.74) is 1.52. The van der Waals surface area contributed by atoms with Crippen LogP contribution in [-0.4, -0.2) is 52.7 Å². The van der Waals surface area contributed by atoms with Crippen LogP contribution in [0.4, 0.5) is 5.82 Å². The van der Waals surface area contributed by atoms with E-state index in [1.165, 1.54) is 0 Å². The van der Waals surface area contributed by atoms with Crippen molar-refractivity contribution in [2.75, 3.05) is 17.2 Å². The second-order valence-electron chi connectivity index (χ2n) is 7.19. The third-order valence-electron chi connectivity index (χ3n) is 5.10. The molecular weight excluding hydrogens is 378 g/mol. The van der Waals surface area contributed by atoms with E-state index in [1.54, 1.807) is 18.5 Å². The van der Waals surface area contributed by atoms with Crippen molar-refractivity contribution in [3.8, 4) is 6.07 Å². The SMILES string of the molecule is Cc1nc(N2CC(NS(=O)(=O)CC#N)CCC2C)c2c(cnc3nccc32)[nH]1. The Morgan fingerprint density at radius 2 is 2.21 bits per heavy atom. The summed E-state index contributed by atoms with van der Waals surface area (Å²) in [5.74, 6) is 1.01. The van der Waals surface area contributed by atoms with Gasteiger partial charge in [0.25, 0.3) is 0 Å². The predicted octanol–water partition coefficient (Wildman–Crippen LogP) is 1.61. The van der Waals surface area contributed by atoms with Gasteiger partial charge in [0.05, 0.1) is 23.2 Å². The van der Waals surface area contributed by atoms with Gasteiger partial charge in [-0.3, -0.25) is 0 Å². The fourth-order valence-corrected chi connectivity index (χ4v) is 4.77. The number of aromatic amines is 1. The first-order valence-electron chi connectivity index (χ1n) is 9.11. The monoisotopic (exact) mass is 399 g/mol. The number of rotatable bonds is 4. The Morgan fingerprint density at radius 1 is 1.39 bits per heavy atom. The highest BCUT2D eigenvalue weighted by atomic mass is 32.2. The first kappa shape index (κ1) is 18.6. The van der Waals surface area contributed by atoms with Gasteiger partial charge in [0.2, 0.25) is 10.0 Å². The Bertz CT molecular complexity index is 1180. The summed E-state index contributed by atoms with van der Waals surface area (Å²) in [4.78, 5) is 18.8. The third-order valence-corrected chi connectivity index (χ3v) is 6.30. The fourth-order valence-electron chi connectivity index (χ4n) is 3.82. The molecule has 0 amide bonds. The number of hydrogen-bond donors (Lipinski definition) is 2. The highest BCUT2D eigenvalue weighted by Crippen LogP contribution is 2.33. The van der Waals surface area contributed by atoms with Crippen molar-refractivity contribution in [3.05, 3.63) is 24.3 Å². The van der Waals surface area contributed by atoms with E-state index in [4.69, 9.17) is 10.2 Å². The molecule has 4 heterocycles. The molecule has 1 aliphatic rings. The molecule has 1 saturated heterocycles. The van der Waals surface area contributed by atoms with E-state index in [9.17, 15) is 8.42 Å². The smallest absolute Gasteiger partial charge is 0.225 e. The molecule has 0 spiro atoms. The van der Waals surface area contributed by atoms with Gasteiger partial charge in [-0.15, -0.1) is 0 Å². The first-order valence-corrected chi connectivity index (χ1v) is 10.8. The number of fused-ring (bicyclic) bond motifs is 3. The number of aryl methyl sites for hydroxylation is 1. The lowest BCUT2D eigenvalue weighted by Gasteiger charge is -2.39. The number of nitriles is 1. The largest absolute Gasteiger partial charge is 0.352 e. The van der Waals surface area contributed by atoms with Crippen LogP contribution < -0.4 is 9.62 Å². The minimum Gasteiger partial charge on any atom is -0.352 e. The van der Waals surface area contributed by atoms with Crippen LogP contribution in [0, 0.1) is 18.3 Å². The zero-order chi connectivity index (χ0) is 19.9. The molecule has 2 N–H and O–H groups in total. The molecule has 1 aliphatic heterocycles. The molecular formula is C18H21N7O2S. The number of nitrogens with zero attached hydrogens (tertiary/aromatic N) is 5. The normalized spacial score (nSPS) is 20.5. The number of aromatic nitrogens is 4. The number of sulfonamides is 1. The molecule has 0 radical (unpaired) electrons. The predicted molar refractivity (Wildman–Crippen MR) is 106 cm³/mol. The molecule has 28 heavy (non-hydrogen) atoms. The van der Waals surface area contributed by atoms with E-state index in [1.807, 2.05) is 13.0 Å². The van der Waals surface area contributed by atoms with Crippen LogP contribution in [0.5, 0.6) is 0 Å². The van der Waals surface area contributed by atoms with E-state index in [2.05, 4.69) is 31.5 Å². The lowest BCUT2D eigenvalue weighted by Crippen LogP contribution is -2.51. The van der Waals surface area contributed by atoms with Crippen LogP contribution in [0.1, 0.15) is 25.6 Å². The number of anilines is 1. The van der Waals surface area contributed by atoms with Crippen molar-refractivity contribution in [2.24, 2.45) is 0 Å². The summed E-state index contributed by atoms with van der Waals surface area (Å²) in [6.07, 6.45) is 5.00. The molecule has 2 atom stereocenters. The van der Waals surface area contributed by atoms with Crippen molar-refractivity contribution in [2.45, 2.75) is 38.8 Å². The number of H-pyrrole nitrogens is 1. The Balaban J connectivity index is 1.77. The summed E-state index contributed by atoms with van der Waals surface area (Å²) in [6.45, 7) is 4.48. The van der Waals surface area contributed by atoms with Crippen LogP contribution in [0.2, 0.25) is 0 Å². The topological polar surface area (TPSA) is 128 Å². The van der Waals surface area contributed by atoms with Crippen molar-refractivity contribution in [1.29, 1.82) is 5.26 Å². The van der Waals surface area contributed by atoms with E-state index in [-0.39, 0.29) is 12.1 Å². The Hall–Kier alpha value is -2.77. The van der Waals surface area contributed by atoms with Crippen molar-refractivity contribution in [1.82, 2.24) is 24.7 Å². The van der Waals surface area contributed by atoms with Crippen LogP contribution in [-0.2, 0) is 10.0 Å². The molecule has 10 heteroatoms. The summed E-state index contributed by atoms with van der Waals surface area (Å²) in [7, 11) is -3.62. The van der Waals surface area contributed by atoms with E-state index in [0.717, 1.165) is 34.4 Å². The zero-order valence-corrected chi connectivity index (χ0v) is 16.5. The van der Waals surface area contributed by atoms with Gasteiger partial charge in [0.15, 0.2) is 11.4 Å². The van der Waals surface area contributed by atoms with Gasteiger partial charge in [-0.1, -0.05) is 0 Å². The van der Waals surface area contributed by atoms with Crippen LogP contribution in [0.25, 0.3) is 21.9 Å². The number of hydrogen-bond acceptors (Lipinski definition) is 7. The van der Waals surface area contributed by atoms with E-state index >= 15 is 0 Å². The highest BCUT2D eigenvalue weighted by Gasteiger charge is 2.30. The maximum absolute atomic E-state index is 12.0. The standard InChI is InChI=1S/C18H21N7O2S/c1-11-3-4-13(24-28(26,27)8-6-19)10-25(11)18-16-14-5-7-20-17(14)21-9-15(16)22-12(2)23-18/h5,7,9,11,13,24H,3-4,8,10H2,1-2H3,(H,22,23). The van der Waals surface area contributed by atoms with Crippen LogP contribution >= 0.6 is 0 Å². The number of piperidine rings is 1. The molecule has 0 bridgehead atoms. The average Bonchev–Trinajstić information content (AvgIpc) is 3.11. The molecule has 0 saturated carbocycles. The van der Waals surface area contributed by atoms with Gasteiger partial charge in [-0.2, -0.15) is 5.26 Å². The second kappa shape index (κ2) is 7.00. The maximum atomic E-state index is 12.0. The molecule has 3 aromatic rings. The minimum atomic E-state index is -3.62. The molecule has 0 aromatic carbocycles. The van der Waals surface area contributed by atoms with E-state index in [0.29, 0.717) is 18.6 Å². The van der Waals surface area contributed by atoms with Gasteiger partial charge in [-0.25, -0.2) is 28.1 Å². The van der Waals surface area contributed by atoms with Crippen molar-refractivity contribution < 1.29 is 8.42 Å². The summed E-state index contributed by atoms with van der Waals surface area (Å²) >= 11 is 0. The second-order valence-corrected chi connectivity index (χ2v) is 8.94. The molecule has 9 nitrogen and oxygen atoms in total. The van der Waals surface area contributed by atoms with E-state index < -0.39 is 15.8 Å². The van der Waals surface area contributed by atoms with Gasteiger partial charge in [-0.05, 0) is 32.8 Å². The molecule has 146 valence electrons.